The van der Waals surface area contributed by atoms with E-state index in [4.69, 9.17) is 5.26 Å². The Hall–Kier alpha value is -0.350. The van der Waals surface area contributed by atoms with E-state index in [1.165, 1.54) is 0 Å². The topological polar surface area (TPSA) is 46.5 Å². The zero-order valence-corrected chi connectivity index (χ0v) is 5.15. The molecule has 0 unspecified atom stereocenters. The number of rotatable bonds is 1. The number of benzene rings is 1. The van der Waals surface area contributed by atoms with Gasteiger partial charge >= 0.3 is 35.5 Å². The molecular formula is C7H7NaO3. The molecule has 0 radical (unpaired) electrons. The Labute approximate surface area is 86.2 Å². The second-order valence-electron chi connectivity index (χ2n) is 1.74. The van der Waals surface area contributed by atoms with Gasteiger partial charge in [0.1, 0.15) is 0 Å². The van der Waals surface area contributed by atoms with Crippen molar-refractivity contribution in [1.82, 2.24) is 0 Å². The predicted octanol–water partition coefficient (Wildman–Crippen LogP) is 0.668. The maximum absolute atomic E-state index is 10.5. The van der Waals surface area contributed by atoms with Crippen LogP contribution in [0.3, 0.4) is 0 Å². The zero-order valence-electron chi connectivity index (χ0n) is 5.15. The molecule has 0 amide bonds. The molecule has 0 aliphatic rings. The van der Waals surface area contributed by atoms with Crippen molar-refractivity contribution in [3.05, 3.63) is 35.9 Å². The molecule has 1 N–H and O–H groups in total. The second-order valence-corrected chi connectivity index (χ2v) is 1.74. The molecule has 1 rings (SSSR count). The van der Waals surface area contributed by atoms with Crippen LogP contribution in [-0.2, 0) is 4.89 Å². The molecule has 0 saturated heterocycles. The Morgan fingerprint density at radius 2 is 1.82 bits per heavy atom. The SMILES string of the molecule is O=C(OO)c1ccccc1.[NaH]. The van der Waals surface area contributed by atoms with Crippen molar-refractivity contribution in [2.24, 2.45) is 0 Å². The van der Waals surface area contributed by atoms with Gasteiger partial charge in [-0.3, -0.25) is 4.89 Å². The van der Waals surface area contributed by atoms with Crippen LogP contribution in [0.1, 0.15) is 10.4 Å². The van der Waals surface area contributed by atoms with Gasteiger partial charge in [0.15, 0.2) is 0 Å². The van der Waals surface area contributed by atoms with Crippen molar-refractivity contribution < 1.29 is 14.9 Å². The van der Waals surface area contributed by atoms with Gasteiger partial charge in [-0.15, -0.1) is 0 Å². The van der Waals surface area contributed by atoms with Crippen LogP contribution in [0.4, 0.5) is 0 Å². The van der Waals surface area contributed by atoms with Gasteiger partial charge in [0, 0.05) is 0 Å². The van der Waals surface area contributed by atoms with Crippen molar-refractivity contribution in [2.45, 2.75) is 0 Å². The number of carbonyl (C=O) groups is 1. The van der Waals surface area contributed by atoms with E-state index in [1.54, 1.807) is 30.3 Å². The molecule has 0 heterocycles. The first-order valence-corrected chi connectivity index (χ1v) is 2.75. The summed E-state index contributed by atoms with van der Waals surface area (Å²) in [5.41, 5.74) is 0.338. The van der Waals surface area contributed by atoms with Gasteiger partial charge in [0.05, 0.1) is 5.56 Å². The van der Waals surface area contributed by atoms with E-state index >= 15 is 0 Å². The average molecular weight is 162 g/mol. The summed E-state index contributed by atoms with van der Waals surface area (Å²) in [5, 5.41) is 7.94. The quantitative estimate of drug-likeness (QED) is 0.375. The van der Waals surface area contributed by atoms with Crippen LogP contribution in [0, 0.1) is 0 Å². The van der Waals surface area contributed by atoms with Gasteiger partial charge in [0.2, 0.25) is 0 Å². The molecule has 1 aromatic rings. The van der Waals surface area contributed by atoms with Gasteiger partial charge in [-0.05, 0) is 12.1 Å². The molecule has 0 spiro atoms. The third-order valence-electron chi connectivity index (χ3n) is 1.09. The fourth-order valence-electron chi connectivity index (χ4n) is 0.627. The van der Waals surface area contributed by atoms with Gasteiger partial charge in [-0.2, -0.15) is 5.26 Å². The van der Waals surface area contributed by atoms with E-state index in [1.807, 2.05) is 0 Å². The van der Waals surface area contributed by atoms with Crippen LogP contribution in [0.15, 0.2) is 30.3 Å². The standard InChI is InChI=1S/C7H6O3.Na.H/c8-7(10-9)6-4-2-1-3-5-6;;/h1-5,9H;;. The summed E-state index contributed by atoms with van der Waals surface area (Å²) in [4.78, 5) is 14.0. The van der Waals surface area contributed by atoms with Crippen LogP contribution in [0.5, 0.6) is 0 Å². The summed E-state index contributed by atoms with van der Waals surface area (Å²) < 4.78 is 0. The van der Waals surface area contributed by atoms with E-state index in [2.05, 4.69) is 4.89 Å². The molecular weight excluding hydrogens is 155 g/mol. The van der Waals surface area contributed by atoms with E-state index in [0.29, 0.717) is 5.56 Å². The normalized spacial score (nSPS) is 8.09. The molecule has 11 heavy (non-hydrogen) atoms. The number of carbonyl (C=O) groups excluding carboxylic acids is 1. The maximum atomic E-state index is 10.5. The van der Waals surface area contributed by atoms with E-state index in [9.17, 15) is 4.79 Å². The van der Waals surface area contributed by atoms with Crippen LogP contribution in [0.2, 0.25) is 0 Å². The summed E-state index contributed by atoms with van der Waals surface area (Å²) in [5.74, 6) is -0.736. The summed E-state index contributed by atoms with van der Waals surface area (Å²) in [7, 11) is 0. The first-order valence-electron chi connectivity index (χ1n) is 2.75. The number of hydrogen-bond acceptors (Lipinski definition) is 3. The third-order valence-corrected chi connectivity index (χ3v) is 1.09. The van der Waals surface area contributed by atoms with E-state index < -0.39 is 5.97 Å². The summed E-state index contributed by atoms with van der Waals surface area (Å²) in [6.07, 6.45) is 0. The van der Waals surface area contributed by atoms with Gasteiger partial charge in [-0.25, -0.2) is 4.79 Å². The second kappa shape index (κ2) is 5.32. The first-order chi connectivity index (χ1) is 4.84. The van der Waals surface area contributed by atoms with Crippen LogP contribution < -0.4 is 0 Å². The molecule has 0 aromatic heterocycles. The first kappa shape index (κ1) is 10.7. The van der Waals surface area contributed by atoms with Crippen LogP contribution in [0.25, 0.3) is 0 Å². The molecule has 0 fully saturated rings. The van der Waals surface area contributed by atoms with Crippen molar-refractivity contribution in [1.29, 1.82) is 0 Å². The fourth-order valence-corrected chi connectivity index (χ4v) is 0.627. The van der Waals surface area contributed by atoms with E-state index in [-0.39, 0.29) is 29.6 Å². The van der Waals surface area contributed by atoms with Crippen LogP contribution in [-0.4, -0.2) is 40.8 Å². The van der Waals surface area contributed by atoms with Crippen molar-refractivity contribution >= 4 is 35.5 Å². The molecule has 0 atom stereocenters. The Morgan fingerprint density at radius 1 is 1.27 bits per heavy atom. The van der Waals surface area contributed by atoms with Crippen molar-refractivity contribution in [3.8, 4) is 0 Å². The van der Waals surface area contributed by atoms with Gasteiger partial charge in [-0.1, -0.05) is 18.2 Å². The minimum absolute atomic E-state index is 0. The Kier molecular flexibility index (Phi) is 5.15. The van der Waals surface area contributed by atoms with Crippen molar-refractivity contribution in [3.63, 3.8) is 0 Å². The third kappa shape index (κ3) is 3.03. The minimum atomic E-state index is -0.736. The molecule has 0 bridgehead atoms. The molecule has 1 aromatic carbocycles. The summed E-state index contributed by atoms with van der Waals surface area (Å²) in [6.45, 7) is 0. The molecule has 0 aliphatic carbocycles. The zero-order chi connectivity index (χ0) is 7.40. The Balaban J connectivity index is 0.000001000. The van der Waals surface area contributed by atoms with E-state index in [0.717, 1.165) is 0 Å². The monoisotopic (exact) mass is 162 g/mol. The predicted molar refractivity (Wildman–Crippen MR) is 41.6 cm³/mol. The molecule has 0 aliphatic heterocycles. The van der Waals surface area contributed by atoms with Crippen LogP contribution >= 0.6 is 0 Å². The molecule has 4 heteroatoms. The summed E-state index contributed by atoms with van der Waals surface area (Å²) in [6, 6.07) is 8.25. The fraction of sp³-hybridized carbons (Fsp3) is 0. The Bertz CT molecular complexity index is 222. The summed E-state index contributed by atoms with van der Waals surface area (Å²) >= 11 is 0. The average Bonchev–Trinajstić information content (AvgIpc) is 2.05. The number of hydrogen-bond donors (Lipinski definition) is 1. The molecule has 0 saturated carbocycles. The molecule has 54 valence electrons. The van der Waals surface area contributed by atoms with Crippen molar-refractivity contribution in [2.75, 3.05) is 0 Å². The Morgan fingerprint density at radius 3 is 2.27 bits per heavy atom. The van der Waals surface area contributed by atoms with Gasteiger partial charge in [0.25, 0.3) is 0 Å². The van der Waals surface area contributed by atoms with Gasteiger partial charge < -0.3 is 0 Å². The molecule has 3 nitrogen and oxygen atoms in total.